The first-order chi connectivity index (χ1) is 14.1. The van der Waals surface area contributed by atoms with Gasteiger partial charge in [-0.05, 0) is 49.1 Å². The van der Waals surface area contributed by atoms with Gasteiger partial charge in [0.05, 0.1) is 16.9 Å². The van der Waals surface area contributed by atoms with Crippen LogP contribution in [0, 0.1) is 0 Å². The lowest BCUT2D eigenvalue weighted by atomic mass is 10.1. The third kappa shape index (κ3) is 3.81. The molecule has 2 aliphatic heterocycles. The van der Waals surface area contributed by atoms with E-state index in [1.54, 1.807) is 12.1 Å². The molecule has 2 heterocycles. The number of nitrogens with zero attached hydrogens (tertiary/aromatic N) is 1. The van der Waals surface area contributed by atoms with Crippen LogP contribution in [-0.4, -0.2) is 37.0 Å². The number of carbonyl (C=O) groups is 3. The molecule has 7 heteroatoms. The first kappa shape index (κ1) is 19.0. The van der Waals surface area contributed by atoms with Crippen molar-refractivity contribution in [2.45, 2.75) is 32.2 Å². The fourth-order valence-electron chi connectivity index (χ4n) is 3.91. The number of rotatable bonds is 5. The highest BCUT2D eigenvalue weighted by Crippen LogP contribution is 2.37. The summed E-state index contributed by atoms with van der Waals surface area (Å²) in [7, 11) is 0. The van der Waals surface area contributed by atoms with E-state index in [1.807, 2.05) is 37.3 Å². The van der Waals surface area contributed by atoms with Crippen LogP contribution >= 0.6 is 0 Å². The number of hydrogen-bond donors (Lipinski definition) is 2. The molecule has 1 fully saturated rings. The van der Waals surface area contributed by atoms with E-state index in [0.717, 1.165) is 37.1 Å². The van der Waals surface area contributed by atoms with Crippen LogP contribution in [0.1, 0.15) is 35.7 Å². The van der Waals surface area contributed by atoms with E-state index in [2.05, 4.69) is 15.5 Å². The number of anilines is 3. The van der Waals surface area contributed by atoms with Gasteiger partial charge in [-0.3, -0.25) is 9.59 Å². The van der Waals surface area contributed by atoms with Crippen molar-refractivity contribution in [1.29, 1.82) is 0 Å². The van der Waals surface area contributed by atoms with Gasteiger partial charge in [0.1, 0.15) is 6.04 Å². The van der Waals surface area contributed by atoms with E-state index in [-0.39, 0.29) is 18.6 Å². The molecule has 0 radical (unpaired) electrons. The zero-order chi connectivity index (χ0) is 20.4. The average molecular weight is 393 g/mol. The number of amides is 2. The standard InChI is InChI=1S/C22H23N3O4/c1-2-14-6-3-4-7-16(14)23-20(26)13-29-22(28)15-9-10-18-17(12-15)24-21(27)19-8-5-11-25(18)19/h3-4,6-7,9-10,12,19H,2,5,8,11,13H2,1H3,(H,23,26)(H,24,27)/t19-/m0/s1. The second-order valence-corrected chi connectivity index (χ2v) is 7.21. The highest BCUT2D eigenvalue weighted by atomic mass is 16.5. The summed E-state index contributed by atoms with van der Waals surface area (Å²) in [5, 5.41) is 5.64. The maximum atomic E-state index is 12.4. The predicted octanol–water partition coefficient (Wildman–Crippen LogP) is 2.97. The van der Waals surface area contributed by atoms with Gasteiger partial charge in [-0.2, -0.15) is 0 Å². The van der Waals surface area contributed by atoms with E-state index in [1.165, 1.54) is 0 Å². The van der Waals surface area contributed by atoms with Gasteiger partial charge in [0.15, 0.2) is 6.61 Å². The van der Waals surface area contributed by atoms with Gasteiger partial charge in [0, 0.05) is 12.2 Å². The lowest BCUT2D eigenvalue weighted by Crippen LogP contribution is -2.43. The van der Waals surface area contributed by atoms with Crippen molar-refractivity contribution < 1.29 is 19.1 Å². The topological polar surface area (TPSA) is 87.7 Å². The summed E-state index contributed by atoms with van der Waals surface area (Å²) in [5.74, 6) is -1.05. The lowest BCUT2D eigenvalue weighted by molar-refractivity contribution is -0.119. The van der Waals surface area contributed by atoms with Crippen LogP contribution in [0.4, 0.5) is 17.1 Å². The summed E-state index contributed by atoms with van der Waals surface area (Å²) < 4.78 is 5.16. The van der Waals surface area contributed by atoms with E-state index in [0.29, 0.717) is 16.9 Å². The molecule has 1 atom stereocenters. The largest absolute Gasteiger partial charge is 0.452 e. The Kier molecular flexibility index (Phi) is 5.20. The Labute approximate surface area is 169 Å². The van der Waals surface area contributed by atoms with Gasteiger partial charge < -0.3 is 20.3 Å². The second-order valence-electron chi connectivity index (χ2n) is 7.21. The Balaban J connectivity index is 1.40. The number of esters is 1. The molecule has 0 aliphatic carbocycles. The van der Waals surface area contributed by atoms with Crippen molar-refractivity contribution in [3.8, 4) is 0 Å². The Hall–Kier alpha value is -3.35. The Morgan fingerprint density at radius 3 is 2.90 bits per heavy atom. The normalized spacial score (nSPS) is 17.2. The number of benzene rings is 2. The molecule has 2 aromatic rings. The molecule has 2 N–H and O–H groups in total. The lowest BCUT2D eigenvalue weighted by Gasteiger charge is -2.33. The van der Waals surface area contributed by atoms with Crippen molar-refractivity contribution in [1.82, 2.24) is 0 Å². The molecule has 7 nitrogen and oxygen atoms in total. The first-order valence-corrected chi connectivity index (χ1v) is 9.83. The second kappa shape index (κ2) is 7.95. The minimum Gasteiger partial charge on any atom is -0.452 e. The minimum absolute atomic E-state index is 0.0468. The van der Waals surface area contributed by atoms with Crippen molar-refractivity contribution in [2.75, 3.05) is 28.7 Å². The summed E-state index contributed by atoms with van der Waals surface area (Å²) in [4.78, 5) is 38.9. The Morgan fingerprint density at radius 1 is 1.24 bits per heavy atom. The number of carbonyl (C=O) groups excluding carboxylic acids is 3. The molecule has 2 amide bonds. The SMILES string of the molecule is CCc1ccccc1NC(=O)COC(=O)c1ccc2c(c1)NC(=O)[C@@H]1CCCN21. The monoisotopic (exact) mass is 393 g/mol. The van der Waals surface area contributed by atoms with Gasteiger partial charge >= 0.3 is 5.97 Å². The molecule has 0 aromatic heterocycles. The molecule has 150 valence electrons. The fraction of sp³-hybridized carbons (Fsp3) is 0.318. The average Bonchev–Trinajstić information content (AvgIpc) is 3.23. The summed E-state index contributed by atoms with van der Waals surface area (Å²) in [6, 6.07) is 12.5. The number of aryl methyl sites for hydroxylation is 1. The first-order valence-electron chi connectivity index (χ1n) is 9.83. The van der Waals surface area contributed by atoms with Gasteiger partial charge in [0.25, 0.3) is 5.91 Å². The molecule has 0 saturated carbocycles. The van der Waals surface area contributed by atoms with Crippen LogP contribution in [0.25, 0.3) is 0 Å². The highest BCUT2D eigenvalue weighted by molar-refractivity contribution is 6.05. The number of fused-ring (bicyclic) bond motifs is 3. The van der Waals surface area contributed by atoms with E-state index in [9.17, 15) is 14.4 Å². The summed E-state index contributed by atoms with van der Waals surface area (Å²) >= 11 is 0. The van der Waals surface area contributed by atoms with Crippen molar-refractivity contribution in [2.24, 2.45) is 0 Å². The van der Waals surface area contributed by atoms with Crippen LogP contribution < -0.4 is 15.5 Å². The van der Waals surface area contributed by atoms with Gasteiger partial charge in [-0.25, -0.2) is 4.79 Å². The molecule has 0 spiro atoms. The zero-order valence-electron chi connectivity index (χ0n) is 16.2. The summed E-state index contributed by atoms with van der Waals surface area (Å²) in [6.45, 7) is 2.45. The van der Waals surface area contributed by atoms with Crippen LogP contribution in [0.5, 0.6) is 0 Å². The van der Waals surface area contributed by atoms with Gasteiger partial charge in [-0.15, -0.1) is 0 Å². The van der Waals surface area contributed by atoms with Crippen LogP contribution in [0.3, 0.4) is 0 Å². The van der Waals surface area contributed by atoms with E-state index in [4.69, 9.17) is 4.74 Å². The van der Waals surface area contributed by atoms with E-state index < -0.39 is 11.9 Å². The van der Waals surface area contributed by atoms with Crippen molar-refractivity contribution >= 4 is 34.8 Å². The molecule has 1 saturated heterocycles. The van der Waals surface area contributed by atoms with E-state index >= 15 is 0 Å². The fourth-order valence-corrected chi connectivity index (χ4v) is 3.91. The molecular formula is C22H23N3O4. The third-order valence-corrected chi connectivity index (χ3v) is 5.36. The summed E-state index contributed by atoms with van der Waals surface area (Å²) in [5.41, 5.74) is 3.54. The molecule has 0 bridgehead atoms. The van der Waals surface area contributed by atoms with Crippen LogP contribution in [0.15, 0.2) is 42.5 Å². The number of ether oxygens (including phenoxy) is 1. The molecule has 0 unspecified atom stereocenters. The summed E-state index contributed by atoms with van der Waals surface area (Å²) in [6.07, 6.45) is 2.60. The smallest absolute Gasteiger partial charge is 0.338 e. The quantitative estimate of drug-likeness (QED) is 0.763. The maximum Gasteiger partial charge on any atom is 0.338 e. The molecule has 4 rings (SSSR count). The van der Waals surface area contributed by atoms with Crippen LogP contribution in [0.2, 0.25) is 0 Å². The Bertz CT molecular complexity index is 972. The molecule has 2 aromatic carbocycles. The highest BCUT2D eigenvalue weighted by Gasteiger charge is 2.36. The number of hydrogen-bond acceptors (Lipinski definition) is 5. The minimum atomic E-state index is -0.607. The molecule has 29 heavy (non-hydrogen) atoms. The maximum absolute atomic E-state index is 12.4. The van der Waals surface area contributed by atoms with Crippen LogP contribution in [-0.2, 0) is 20.7 Å². The number of para-hydroxylation sites is 1. The Morgan fingerprint density at radius 2 is 2.07 bits per heavy atom. The van der Waals surface area contributed by atoms with Gasteiger partial charge in [-0.1, -0.05) is 25.1 Å². The number of nitrogens with one attached hydrogen (secondary N) is 2. The van der Waals surface area contributed by atoms with Crippen molar-refractivity contribution in [3.63, 3.8) is 0 Å². The zero-order valence-corrected chi connectivity index (χ0v) is 16.2. The predicted molar refractivity (Wildman–Crippen MR) is 110 cm³/mol. The third-order valence-electron chi connectivity index (χ3n) is 5.36. The van der Waals surface area contributed by atoms with Gasteiger partial charge in [0.2, 0.25) is 5.91 Å². The molecular weight excluding hydrogens is 370 g/mol. The molecule has 2 aliphatic rings. The van der Waals surface area contributed by atoms with Crippen molar-refractivity contribution in [3.05, 3.63) is 53.6 Å².